The summed E-state index contributed by atoms with van der Waals surface area (Å²) in [7, 11) is 1.54. The number of para-hydroxylation sites is 1. The molecule has 4 rings (SSSR count). The molecule has 1 aliphatic rings. The molecule has 0 aliphatic heterocycles. The molecule has 1 fully saturated rings. The fourth-order valence-electron chi connectivity index (χ4n) is 3.38. The first-order valence-corrected chi connectivity index (χ1v) is 10.0. The van der Waals surface area contributed by atoms with E-state index in [0.717, 1.165) is 35.0 Å². The summed E-state index contributed by atoms with van der Waals surface area (Å²) in [6.45, 7) is 3.48. The summed E-state index contributed by atoms with van der Waals surface area (Å²) in [5, 5.41) is 3.50. The maximum Gasteiger partial charge on any atom is 0.339 e. The van der Waals surface area contributed by atoms with E-state index in [4.69, 9.17) is 9.47 Å². The molecular weight excluding hydrogens is 380 g/mol. The fraction of sp³-hybridized carbons (Fsp3) is 0.292. The lowest BCUT2D eigenvalue weighted by Gasteiger charge is -2.16. The summed E-state index contributed by atoms with van der Waals surface area (Å²) in [5.74, 6) is -0.0141. The number of nitrogens with one attached hydrogen (secondary N) is 1. The van der Waals surface area contributed by atoms with Crippen molar-refractivity contribution in [2.75, 3.05) is 12.4 Å². The number of rotatable bonds is 6. The van der Waals surface area contributed by atoms with E-state index in [2.05, 4.69) is 10.3 Å². The number of anilines is 1. The Morgan fingerprint density at radius 1 is 1.13 bits per heavy atom. The van der Waals surface area contributed by atoms with E-state index in [1.165, 1.54) is 7.11 Å². The molecule has 0 saturated heterocycles. The Morgan fingerprint density at radius 2 is 1.90 bits per heavy atom. The van der Waals surface area contributed by atoms with Crippen molar-refractivity contribution in [3.05, 3.63) is 65.4 Å². The second-order valence-electron chi connectivity index (χ2n) is 7.63. The Morgan fingerprint density at radius 3 is 2.63 bits per heavy atom. The third-order valence-corrected chi connectivity index (χ3v) is 5.22. The van der Waals surface area contributed by atoms with Crippen LogP contribution in [0.1, 0.15) is 47.3 Å². The number of hydrogen-bond acceptors (Lipinski definition) is 5. The van der Waals surface area contributed by atoms with Gasteiger partial charge in [0, 0.05) is 17.0 Å². The van der Waals surface area contributed by atoms with Gasteiger partial charge >= 0.3 is 5.97 Å². The second kappa shape index (κ2) is 8.14. The van der Waals surface area contributed by atoms with Crippen molar-refractivity contribution in [3.8, 4) is 5.75 Å². The normalized spacial score (nSPS) is 14.2. The molecule has 0 spiro atoms. The molecule has 30 heavy (non-hydrogen) atoms. The predicted molar refractivity (Wildman–Crippen MR) is 115 cm³/mol. The number of methoxy groups -OCH3 is 1. The number of nitrogens with zero attached hydrogens (tertiary/aromatic N) is 1. The molecule has 0 unspecified atom stereocenters. The molecule has 3 aromatic rings. The van der Waals surface area contributed by atoms with Crippen molar-refractivity contribution in [2.45, 2.75) is 38.7 Å². The smallest absolute Gasteiger partial charge is 0.339 e. The van der Waals surface area contributed by atoms with E-state index in [9.17, 15) is 9.59 Å². The largest absolute Gasteiger partial charge is 0.495 e. The molecule has 1 saturated carbocycles. The van der Waals surface area contributed by atoms with E-state index in [1.807, 2.05) is 43.3 Å². The summed E-state index contributed by atoms with van der Waals surface area (Å²) in [6, 6.07) is 14.8. The molecule has 1 amide bonds. The first-order chi connectivity index (χ1) is 14.5. The van der Waals surface area contributed by atoms with Crippen LogP contribution in [0, 0.1) is 6.92 Å². The van der Waals surface area contributed by atoms with Gasteiger partial charge in [-0.2, -0.15) is 0 Å². The fourth-order valence-corrected chi connectivity index (χ4v) is 3.38. The Bertz CT molecular complexity index is 1120. The number of ether oxygens (including phenoxy) is 2. The minimum absolute atomic E-state index is 0.399. The Kier molecular flexibility index (Phi) is 5.40. The number of fused-ring (bicyclic) bond motifs is 1. The highest BCUT2D eigenvalue weighted by atomic mass is 16.5. The van der Waals surface area contributed by atoms with E-state index in [-0.39, 0.29) is 0 Å². The lowest BCUT2D eigenvalue weighted by Crippen LogP contribution is -2.30. The zero-order valence-corrected chi connectivity index (χ0v) is 17.3. The van der Waals surface area contributed by atoms with E-state index < -0.39 is 18.0 Å². The number of amides is 1. The summed E-state index contributed by atoms with van der Waals surface area (Å²) in [4.78, 5) is 30.3. The van der Waals surface area contributed by atoms with Crippen LogP contribution in [0.15, 0.2) is 48.5 Å². The van der Waals surface area contributed by atoms with Gasteiger partial charge in [0.05, 0.1) is 23.9 Å². The summed E-state index contributed by atoms with van der Waals surface area (Å²) >= 11 is 0. The molecule has 2 aromatic carbocycles. The molecule has 6 heteroatoms. The molecule has 1 atom stereocenters. The standard InChI is InChI=1S/C24H24N2O4/c1-14-8-11-22(29-3)21(12-14)26-23(27)15(2)30-24(28)18-13-20(16-9-10-16)25-19-7-5-4-6-17(18)19/h4-8,11-13,15-16H,9-10H2,1-3H3,(H,26,27)/t15-/m1/s1. The highest BCUT2D eigenvalue weighted by Crippen LogP contribution is 2.40. The van der Waals surface area contributed by atoms with Crippen molar-refractivity contribution in [3.63, 3.8) is 0 Å². The van der Waals surface area contributed by atoms with Gasteiger partial charge in [-0.25, -0.2) is 4.79 Å². The van der Waals surface area contributed by atoms with Crippen molar-refractivity contribution in [1.29, 1.82) is 0 Å². The first kappa shape index (κ1) is 19.9. The monoisotopic (exact) mass is 404 g/mol. The van der Waals surface area contributed by atoms with Crippen molar-refractivity contribution in [2.24, 2.45) is 0 Å². The van der Waals surface area contributed by atoms with Crippen LogP contribution < -0.4 is 10.1 Å². The number of aromatic nitrogens is 1. The van der Waals surface area contributed by atoms with Crippen molar-refractivity contribution >= 4 is 28.5 Å². The summed E-state index contributed by atoms with van der Waals surface area (Å²) in [5.41, 5.74) is 3.62. The number of carbonyl (C=O) groups is 2. The van der Waals surface area contributed by atoms with Gasteiger partial charge in [-0.05, 0) is 56.5 Å². The minimum atomic E-state index is -0.973. The zero-order valence-electron chi connectivity index (χ0n) is 17.3. The number of benzene rings is 2. The predicted octanol–water partition coefficient (Wildman–Crippen LogP) is 4.61. The minimum Gasteiger partial charge on any atom is -0.495 e. The van der Waals surface area contributed by atoms with Crippen LogP contribution in [0.25, 0.3) is 10.9 Å². The van der Waals surface area contributed by atoms with E-state index in [0.29, 0.717) is 22.9 Å². The van der Waals surface area contributed by atoms with Crippen LogP contribution in [0.3, 0.4) is 0 Å². The Hall–Kier alpha value is -3.41. The average Bonchev–Trinajstić information content (AvgIpc) is 3.58. The van der Waals surface area contributed by atoms with Gasteiger partial charge in [-0.15, -0.1) is 0 Å². The highest BCUT2D eigenvalue weighted by Gasteiger charge is 2.28. The Labute approximate surface area is 175 Å². The van der Waals surface area contributed by atoms with Gasteiger partial charge < -0.3 is 14.8 Å². The number of pyridine rings is 1. The third kappa shape index (κ3) is 4.13. The van der Waals surface area contributed by atoms with Crippen LogP contribution in [-0.4, -0.2) is 30.1 Å². The zero-order chi connectivity index (χ0) is 21.3. The lowest BCUT2D eigenvalue weighted by atomic mass is 10.1. The van der Waals surface area contributed by atoms with Gasteiger partial charge in [0.15, 0.2) is 6.10 Å². The molecule has 154 valence electrons. The molecular formula is C24H24N2O4. The maximum absolute atomic E-state index is 12.9. The number of hydrogen-bond donors (Lipinski definition) is 1. The van der Waals surface area contributed by atoms with E-state index in [1.54, 1.807) is 19.1 Å². The summed E-state index contributed by atoms with van der Waals surface area (Å²) in [6.07, 6.45) is 1.19. The van der Waals surface area contributed by atoms with Crippen LogP contribution in [0.2, 0.25) is 0 Å². The van der Waals surface area contributed by atoms with Crippen molar-refractivity contribution in [1.82, 2.24) is 4.98 Å². The molecule has 0 bridgehead atoms. The van der Waals surface area contributed by atoms with Crippen molar-refractivity contribution < 1.29 is 19.1 Å². The highest BCUT2D eigenvalue weighted by molar-refractivity contribution is 6.05. The summed E-state index contributed by atoms with van der Waals surface area (Å²) < 4.78 is 10.8. The van der Waals surface area contributed by atoms with Gasteiger partial charge in [0.1, 0.15) is 5.75 Å². The maximum atomic E-state index is 12.9. The molecule has 1 aliphatic carbocycles. The number of esters is 1. The first-order valence-electron chi connectivity index (χ1n) is 10.0. The van der Waals surface area contributed by atoms with Crippen LogP contribution in [-0.2, 0) is 9.53 Å². The average molecular weight is 404 g/mol. The molecule has 1 heterocycles. The molecule has 1 aromatic heterocycles. The lowest BCUT2D eigenvalue weighted by molar-refractivity contribution is -0.123. The second-order valence-corrected chi connectivity index (χ2v) is 7.63. The van der Waals surface area contributed by atoms with Crippen LogP contribution in [0.4, 0.5) is 5.69 Å². The molecule has 1 N–H and O–H groups in total. The van der Waals surface area contributed by atoms with Gasteiger partial charge in [-0.3, -0.25) is 9.78 Å². The van der Waals surface area contributed by atoms with Crippen LogP contribution in [0.5, 0.6) is 5.75 Å². The molecule has 6 nitrogen and oxygen atoms in total. The Balaban J connectivity index is 1.54. The topological polar surface area (TPSA) is 77.5 Å². The number of aryl methyl sites for hydroxylation is 1. The van der Waals surface area contributed by atoms with Gasteiger partial charge in [-0.1, -0.05) is 24.3 Å². The third-order valence-electron chi connectivity index (χ3n) is 5.22. The molecule has 0 radical (unpaired) electrons. The quantitative estimate of drug-likeness (QED) is 0.607. The number of carbonyl (C=O) groups excluding carboxylic acids is 2. The SMILES string of the molecule is COc1ccc(C)cc1NC(=O)[C@@H](C)OC(=O)c1cc(C2CC2)nc2ccccc12. The van der Waals surface area contributed by atoms with Gasteiger partial charge in [0.2, 0.25) is 0 Å². The van der Waals surface area contributed by atoms with Crippen LogP contribution >= 0.6 is 0 Å². The van der Waals surface area contributed by atoms with Gasteiger partial charge in [0.25, 0.3) is 5.91 Å². The van der Waals surface area contributed by atoms with E-state index >= 15 is 0 Å².